The van der Waals surface area contributed by atoms with Crippen molar-refractivity contribution >= 4 is 5.91 Å². The Hall–Kier alpha value is -3.21. The number of rotatable bonds is 7. The molecular weight excluding hydrogens is 350 g/mol. The van der Waals surface area contributed by atoms with Gasteiger partial charge in [0.25, 0.3) is 5.56 Å². The second kappa shape index (κ2) is 9.13. The van der Waals surface area contributed by atoms with Crippen LogP contribution in [0.15, 0.2) is 71.5 Å². The van der Waals surface area contributed by atoms with Gasteiger partial charge < -0.3 is 5.32 Å². The van der Waals surface area contributed by atoms with Gasteiger partial charge in [-0.2, -0.15) is 5.10 Å². The van der Waals surface area contributed by atoms with Crippen molar-refractivity contribution in [3.05, 3.63) is 99.5 Å². The number of nitrogens with zero attached hydrogens (tertiary/aromatic N) is 2. The normalized spacial score (nSPS) is 11.8. The lowest BCUT2D eigenvalue weighted by Crippen LogP contribution is -2.34. The van der Waals surface area contributed by atoms with Crippen molar-refractivity contribution in [3.63, 3.8) is 0 Å². The average Bonchev–Trinajstić information content (AvgIpc) is 2.70. The van der Waals surface area contributed by atoms with E-state index in [1.54, 1.807) is 6.07 Å². The molecule has 0 aliphatic rings. The van der Waals surface area contributed by atoms with Crippen LogP contribution in [0, 0.1) is 6.92 Å². The van der Waals surface area contributed by atoms with Crippen LogP contribution in [0.5, 0.6) is 0 Å². The number of benzene rings is 2. The quantitative estimate of drug-likeness (QED) is 0.690. The highest BCUT2D eigenvalue weighted by Gasteiger charge is 2.13. The minimum atomic E-state index is -0.280. The van der Waals surface area contributed by atoms with E-state index in [2.05, 4.69) is 34.7 Å². The van der Waals surface area contributed by atoms with E-state index < -0.39 is 0 Å². The Morgan fingerprint density at radius 2 is 1.75 bits per heavy atom. The number of carbonyl (C=O) groups excluding carboxylic acids is 1. The van der Waals surface area contributed by atoms with Crippen molar-refractivity contribution in [2.24, 2.45) is 0 Å². The molecule has 144 valence electrons. The summed E-state index contributed by atoms with van der Waals surface area (Å²) in [6, 6.07) is 21.4. The second-order valence-electron chi connectivity index (χ2n) is 6.97. The van der Waals surface area contributed by atoms with Crippen molar-refractivity contribution in [1.29, 1.82) is 0 Å². The van der Waals surface area contributed by atoms with E-state index in [4.69, 9.17) is 0 Å². The minimum Gasteiger partial charge on any atom is -0.354 e. The molecule has 0 bridgehead atoms. The van der Waals surface area contributed by atoms with E-state index in [0.717, 1.165) is 23.2 Å². The Bertz CT molecular complexity index is 979. The van der Waals surface area contributed by atoms with Crippen LogP contribution in [0.1, 0.15) is 35.2 Å². The van der Waals surface area contributed by atoms with Crippen molar-refractivity contribution in [2.75, 3.05) is 6.54 Å². The van der Waals surface area contributed by atoms with Crippen LogP contribution in [-0.2, 0) is 17.8 Å². The maximum atomic E-state index is 12.2. The standard InChI is InChI=1S/C23H25N3O2/c1-17-8-10-20(11-9-17)18(2)21-12-13-23(28)26(25-21)16-22(27)24-15-14-19-6-4-3-5-7-19/h3-13,18H,14-16H2,1-2H3,(H,24,27). The zero-order chi connectivity index (χ0) is 19.9. The molecule has 1 aromatic heterocycles. The van der Waals surface area contributed by atoms with Gasteiger partial charge in [0.1, 0.15) is 6.54 Å². The lowest BCUT2D eigenvalue weighted by atomic mass is 9.97. The smallest absolute Gasteiger partial charge is 0.267 e. The SMILES string of the molecule is Cc1ccc(C(C)c2ccc(=O)n(CC(=O)NCCc3ccccc3)n2)cc1. The molecule has 2 aromatic carbocycles. The van der Waals surface area contributed by atoms with E-state index in [9.17, 15) is 9.59 Å². The Balaban J connectivity index is 1.63. The Labute approximate surface area is 165 Å². The molecule has 5 heteroatoms. The van der Waals surface area contributed by atoms with Gasteiger partial charge in [-0.3, -0.25) is 9.59 Å². The molecule has 0 radical (unpaired) electrons. The van der Waals surface area contributed by atoms with E-state index in [1.165, 1.54) is 16.3 Å². The highest BCUT2D eigenvalue weighted by molar-refractivity contribution is 5.75. The number of hydrogen-bond acceptors (Lipinski definition) is 3. The summed E-state index contributed by atoms with van der Waals surface area (Å²) < 4.78 is 1.23. The molecule has 0 saturated carbocycles. The third-order valence-electron chi connectivity index (χ3n) is 4.78. The van der Waals surface area contributed by atoms with Gasteiger partial charge in [0.05, 0.1) is 5.69 Å². The molecule has 1 heterocycles. The van der Waals surface area contributed by atoms with Crippen LogP contribution in [0.3, 0.4) is 0 Å². The molecule has 1 atom stereocenters. The molecular formula is C23H25N3O2. The summed E-state index contributed by atoms with van der Waals surface area (Å²) in [5, 5.41) is 7.28. The third kappa shape index (κ3) is 5.16. The van der Waals surface area contributed by atoms with Crippen LogP contribution in [0.4, 0.5) is 0 Å². The first kappa shape index (κ1) is 19.5. The van der Waals surface area contributed by atoms with Crippen LogP contribution >= 0.6 is 0 Å². The summed E-state index contributed by atoms with van der Waals surface area (Å²) >= 11 is 0. The Kier molecular flexibility index (Phi) is 6.37. The molecule has 1 N–H and O–H groups in total. The van der Waals surface area contributed by atoms with E-state index in [1.807, 2.05) is 44.2 Å². The Morgan fingerprint density at radius 1 is 1.04 bits per heavy atom. The molecule has 0 saturated heterocycles. The summed E-state index contributed by atoms with van der Waals surface area (Å²) in [6.07, 6.45) is 0.749. The zero-order valence-electron chi connectivity index (χ0n) is 16.3. The first-order valence-corrected chi connectivity index (χ1v) is 9.48. The first-order chi connectivity index (χ1) is 13.5. The average molecular weight is 375 g/mol. The van der Waals surface area contributed by atoms with Crippen LogP contribution < -0.4 is 10.9 Å². The molecule has 3 rings (SSSR count). The molecule has 28 heavy (non-hydrogen) atoms. The second-order valence-corrected chi connectivity index (χ2v) is 6.97. The summed E-state index contributed by atoms with van der Waals surface area (Å²) in [7, 11) is 0. The van der Waals surface area contributed by atoms with Gasteiger partial charge in [0, 0.05) is 18.5 Å². The van der Waals surface area contributed by atoms with Crippen LogP contribution in [-0.4, -0.2) is 22.2 Å². The maximum absolute atomic E-state index is 12.2. The maximum Gasteiger partial charge on any atom is 0.267 e. The molecule has 1 unspecified atom stereocenters. The lowest BCUT2D eigenvalue weighted by Gasteiger charge is -2.14. The van der Waals surface area contributed by atoms with Gasteiger partial charge in [0.2, 0.25) is 5.91 Å². The van der Waals surface area contributed by atoms with E-state index >= 15 is 0 Å². The van der Waals surface area contributed by atoms with Crippen molar-refractivity contribution in [2.45, 2.75) is 32.7 Å². The molecule has 0 fully saturated rings. The first-order valence-electron chi connectivity index (χ1n) is 9.48. The zero-order valence-corrected chi connectivity index (χ0v) is 16.3. The topological polar surface area (TPSA) is 64.0 Å². The monoisotopic (exact) mass is 375 g/mol. The fraction of sp³-hybridized carbons (Fsp3) is 0.261. The van der Waals surface area contributed by atoms with Gasteiger partial charge >= 0.3 is 0 Å². The predicted molar refractivity (Wildman–Crippen MR) is 110 cm³/mol. The fourth-order valence-electron chi connectivity index (χ4n) is 3.02. The van der Waals surface area contributed by atoms with Crippen LogP contribution in [0.2, 0.25) is 0 Å². The highest BCUT2D eigenvalue weighted by Crippen LogP contribution is 2.21. The summed E-state index contributed by atoms with van der Waals surface area (Å²) in [6.45, 7) is 4.53. The van der Waals surface area contributed by atoms with E-state index in [-0.39, 0.29) is 23.9 Å². The lowest BCUT2D eigenvalue weighted by molar-refractivity contribution is -0.121. The fourth-order valence-corrected chi connectivity index (χ4v) is 3.02. The van der Waals surface area contributed by atoms with Crippen LogP contribution in [0.25, 0.3) is 0 Å². The Morgan fingerprint density at radius 3 is 2.46 bits per heavy atom. The third-order valence-corrected chi connectivity index (χ3v) is 4.78. The molecule has 5 nitrogen and oxygen atoms in total. The van der Waals surface area contributed by atoms with Crippen molar-refractivity contribution in [3.8, 4) is 0 Å². The number of amides is 1. The number of nitrogens with one attached hydrogen (secondary N) is 1. The number of aromatic nitrogens is 2. The highest BCUT2D eigenvalue weighted by atomic mass is 16.2. The molecule has 1 amide bonds. The van der Waals surface area contributed by atoms with Gasteiger partial charge in [-0.05, 0) is 30.5 Å². The summed E-state index contributed by atoms with van der Waals surface area (Å²) in [4.78, 5) is 24.4. The van der Waals surface area contributed by atoms with Gasteiger partial charge in [-0.25, -0.2) is 4.68 Å². The summed E-state index contributed by atoms with van der Waals surface area (Å²) in [5.74, 6) is -0.181. The van der Waals surface area contributed by atoms with E-state index in [0.29, 0.717) is 6.54 Å². The summed E-state index contributed by atoms with van der Waals surface area (Å²) in [5.41, 5.74) is 3.96. The minimum absolute atomic E-state index is 0.0357. The number of aryl methyl sites for hydroxylation is 1. The van der Waals surface area contributed by atoms with Gasteiger partial charge in [0.15, 0.2) is 0 Å². The molecule has 3 aromatic rings. The largest absolute Gasteiger partial charge is 0.354 e. The number of carbonyl (C=O) groups is 1. The molecule has 0 aliphatic heterocycles. The van der Waals surface area contributed by atoms with Crippen molar-refractivity contribution < 1.29 is 4.79 Å². The molecule has 0 aliphatic carbocycles. The predicted octanol–water partition coefficient (Wildman–Crippen LogP) is 3.06. The van der Waals surface area contributed by atoms with Gasteiger partial charge in [-0.15, -0.1) is 0 Å². The van der Waals surface area contributed by atoms with Crippen molar-refractivity contribution in [1.82, 2.24) is 15.1 Å². The van der Waals surface area contributed by atoms with Gasteiger partial charge in [-0.1, -0.05) is 67.1 Å². The molecule has 0 spiro atoms. The number of hydrogen-bond donors (Lipinski definition) is 1.